The van der Waals surface area contributed by atoms with Gasteiger partial charge in [0, 0.05) is 18.6 Å². The highest BCUT2D eigenvalue weighted by molar-refractivity contribution is 5.33. The fourth-order valence-electron chi connectivity index (χ4n) is 1.30. The number of hydrogen-bond acceptors (Lipinski definition) is 3. The van der Waals surface area contributed by atoms with Crippen LogP contribution < -0.4 is 0 Å². The molecule has 86 valence electrons. The SMILES string of the molecule is N#Cc1nccn1-c1cc(C(F)(F)F)ccn1. The molecule has 7 heteroatoms. The smallest absolute Gasteiger partial charge is 0.275 e. The lowest BCUT2D eigenvalue weighted by Gasteiger charge is -2.08. The van der Waals surface area contributed by atoms with Crippen molar-refractivity contribution in [2.75, 3.05) is 0 Å². The summed E-state index contributed by atoms with van der Waals surface area (Å²) in [6.45, 7) is 0. The fraction of sp³-hybridized carbons (Fsp3) is 0.100. The van der Waals surface area contributed by atoms with Crippen LogP contribution in [-0.4, -0.2) is 14.5 Å². The van der Waals surface area contributed by atoms with Crippen LogP contribution in [0.1, 0.15) is 11.4 Å². The number of rotatable bonds is 1. The van der Waals surface area contributed by atoms with Crippen molar-refractivity contribution in [1.29, 1.82) is 5.26 Å². The van der Waals surface area contributed by atoms with E-state index in [1.807, 2.05) is 0 Å². The van der Waals surface area contributed by atoms with Crippen LogP contribution in [0.4, 0.5) is 13.2 Å². The predicted molar refractivity (Wildman–Crippen MR) is 51.1 cm³/mol. The average molecular weight is 238 g/mol. The van der Waals surface area contributed by atoms with Gasteiger partial charge in [0.15, 0.2) is 0 Å². The van der Waals surface area contributed by atoms with Gasteiger partial charge in [-0.15, -0.1) is 0 Å². The van der Waals surface area contributed by atoms with Gasteiger partial charge in [-0.1, -0.05) is 0 Å². The zero-order chi connectivity index (χ0) is 12.5. The summed E-state index contributed by atoms with van der Waals surface area (Å²) in [5, 5.41) is 8.71. The molecule has 0 aliphatic heterocycles. The first-order valence-electron chi connectivity index (χ1n) is 4.49. The number of imidazole rings is 1. The van der Waals surface area contributed by atoms with E-state index in [4.69, 9.17) is 5.26 Å². The van der Waals surface area contributed by atoms with Crippen molar-refractivity contribution >= 4 is 0 Å². The standard InChI is InChI=1S/C10H5F3N4/c11-10(12,13)7-1-2-15-8(5-7)17-4-3-16-9(17)6-14/h1-5H. The summed E-state index contributed by atoms with van der Waals surface area (Å²) < 4.78 is 38.6. The molecular formula is C10H5F3N4. The molecule has 0 radical (unpaired) electrons. The van der Waals surface area contributed by atoms with Gasteiger partial charge in [-0.05, 0) is 12.1 Å². The highest BCUT2D eigenvalue weighted by atomic mass is 19.4. The van der Waals surface area contributed by atoms with Gasteiger partial charge in [0.05, 0.1) is 5.56 Å². The number of nitriles is 1. The number of alkyl halides is 3. The molecule has 0 unspecified atom stereocenters. The van der Waals surface area contributed by atoms with E-state index in [-0.39, 0.29) is 11.6 Å². The summed E-state index contributed by atoms with van der Waals surface area (Å²) in [6, 6.07) is 3.49. The summed E-state index contributed by atoms with van der Waals surface area (Å²) in [6.07, 6.45) is -0.702. The predicted octanol–water partition coefficient (Wildman–Crippen LogP) is 2.16. The molecule has 2 aromatic rings. The average Bonchev–Trinajstić information content (AvgIpc) is 2.76. The third-order valence-corrected chi connectivity index (χ3v) is 2.06. The second-order valence-corrected chi connectivity index (χ2v) is 3.13. The molecule has 2 rings (SSSR count). The molecule has 0 spiro atoms. The van der Waals surface area contributed by atoms with Crippen LogP contribution in [0.3, 0.4) is 0 Å². The first kappa shape index (κ1) is 11.1. The number of nitrogens with zero attached hydrogens (tertiary/aromatic N) is 4. The molecule has 0 aliphatic rings. The Labute approximate surface area is 94.0 Å². The summed E-state index contributed by atoms with van der Waals surface area (Å²) in [7, 11) is 0. The third kappa shape index (κ3) is 2.10. The number of pyridine rings is 1. The van der Waals surface area contributed by atoms with Gasteiger partial charge in [0.1, 0.15) is 11.9 Å². The van der Waals surface area contributed by atoms with E-state index in [2.05, 4.69) is 9.97 Å². The van der Waals surface area contributed by atoms with Crippen molar-refractivity contribution < 1.29 is 13.2 Å². The molecule has 0 saturated heterocycles. The third-order valence-electron chi connectivity index (χ3n) is 2.06. The van der Waals surface area contributed by atoms with Gasteiger partial charge in [0.25, 0.3) is 0 Å². The molecule has 0 aromatic carbocycles. The minimum atomic E-state index is -4.44. The summed E-state index contributed by atoms with van der Waals surface area (Å²) in [5.41, 5.74) is -0.819. The maximum absolute atomic E-state index is 12.5. The molecule has 0 aliphatic carbocycles. The highest BCUT2D eigenvalue weighted by Gasteiger charge is 2.30. The lowest BCUT2D eigenvalue weighted by atomic mass is 10.2. The van der Waals surface area contributed by atoms with Crippen molar-refractivity contribution in [2.45, 2.75) is 6.18 Å². The molecule has 0 atom stereocenters. The van der Waals surface area contributed by atoms with E-state index in [0.717, 1.165) is 18.3 Å². The van der Waals surface area contributed by atoms with Crippen molar-refractivity contribution in [1.82, 2.24) is 14.5 Å². The van der Waals surface area contributed by atoms with E-state index >= 15 is 0 Å². The minimum absolute atomic E-state index is 0.00822. The molecule has 0 fully saturated rings. The van der Waals surface area contributed by atoms with Crippen molar-refractivity contribution in [3.63, 3.8) is 0 Å². The number of aromatic nitrogens is 3. The molecule has 17 heavy (non-hydrogen) atoms. The zero-order valence-corrected chi connectivity index (χ0v) is 8.31. The molecule has 0 amide bonds. The Morgan fingerprint density at radius 3 is 2.65 bits per heavy atom. The lowest BCUT2D eigenvalue weighted by Crippen LogP contribution is -2.07. The van der Waals surface area contributed by atoms with E-state index in [1.165, 1.54) is 17.0 Å². The Bertz CT molecular complexity index is 580. The van der Waals surface area contributed by atoms with Gasteiger partial charge in [-0.25, -0.2) is 9.97 Å². The molecule has 0 N–H and O–H groups in total. The van der Waals surface area contributed by atoms with Gasteiger partial charge < -0.3 is 0 Å². The van der Waals surface area contributed by atoms with E-state index < -0.39 is 11.7 Å². The highest BCUT2D eigenvalue weighted by Crippen LogP contribution is 2.29. The molecule has 0 bridgehead atoms. The molecule has 2 aromatic heterocycles. The Balaban J connectivity index is 2.52. The van der Waals surface area contributed by atoms with Crippen molar-refractivity contribution in [3.05, 3.63) is 42.1 Å². The van der Waals surface area contributed by atoms with Crippen LogP contribution in [0.2, 0.25) is 0 Å². The Hall–Kier alpha value is -2.36. The molecule has 0 saturated carbocycles. The van der Waals surface area contributed by atoms with Crippen molar-refractivity contribution in [2.24, 2.45) is 0 Å². The normalized spacial score (nSPS) is 11.2. The van der Waals surface area contributed by atoms with Gasteiger partial charge in [0.2, 0.25) is 5.82 Å². The van der Waals surface area contributed by atoms with Crippen LogP contribution in [0.15, 0.2) is 30.7 Å². The zero-order valence-electron chi connectivity index (χ0n) is 8.31. The molecule has 2 heterocycles. The van der Waals surface area contributed by atoms with Crippen LogP contribution >= 0.6 is 0 Å². The van der Waals surface area contributed by atoms with Gasteiger partial charge in [-0.2, -0.15) is 18.4 Å². The van der Waals surface area contributed by atoms with Crippen LogP contribution in [0, 0.1) is 11.3 Å². The quantitative estimate of drug-likeness (QED) is 0.764. The van der Waals surface area contributed by atoms with E-state index in [0.29, 0.717) is 0 Å². The summed E-state index contributed by atoms with van der Waals surface area (Å²) in [5.74, 6) is -0.00861. The Morgan fingerprint density at radius 2 is 2.00 bits per heavy atom. The fourth-order valence-corrected chi connectivity index (χ4v) is 1.30. The topological polar surface area (TPSA) is 54.5 Å². The van der Waals surface area contributed by atoms with E-state index in [9.17, 15) is 13.2 Å². The first-order valence-corrected chi connectivity index (χ1v) is 4.49. The Kier molecular flexibility index (Phi) is 2.55. The maximum atomic E-state index is 12.5. The van der Waals surface area contributed by atoms with Crippen molar-refractivity contribution in [3.8, 4) is 11.9 Å². The summed E-state index contributed by atoms with van der Waals surface area (Å²) in [4.78, 5) is 7.46. The lowest BCUT2D eigenvalue weighted by molar-refractivity contribution is -0.137. The van der Waals surface area contributed by atoms with Crippen LogP contribution in [-0.2, 0) is 6.18 Å². The second kappa shape index (κ2) is 3.90. The van der Waals surface area contributed by atoms with Crippen LogP contribution in [0.25, 0.3) is 5.82 Å². The minimum Gasteiger partial charge on any atom is -0.275 e. The largest absolute Gasteiger partial charge is 0.416 e. The first-order chi connectivity index (χ1) is 8.02. The van der Waals surface area contributed by atoms with E-state index in [1.54, 1.807) is 6.07 Å². The maximum Gasteiger partial charge on any atom is 0.416 e. The van der Waals surface area contributed by atoms with Gasteiger partial charge >= 0.3 is 6.18 Å². The molecule has 4 nitrogen and oxygen atoms in total. The molecular weight excluding hydrogens is 233 g/mol. The summed E-state index contributed by atoms with van der Waals surface area (Å²) >= 11 is 0. The number of hydrogen-bond donors (Lipinski definition) is 0. The van der Waals surface area contributed by atoms with Gasteiger partial charge in [-0.3, -0.25) is 4.57 Å². The number of halogens is 3. The second-order valence-electron chi connectivity index (χ2n) is 3.13. The van der Waals surface area contributed by atoms with Crippen LogP contribution in [0.5, 0.6) is 0 Å². The monoisotopic (exact) mass is 238 g/mol. The Morgan fingerprint density at radius 1 is 1.24 bits per heavy atom.